The van der Waals surface area contributed by atoms with Gasteiger partial charge in [-0.15, -0.1) is 12.4 Å². The third-order valence-corrected chi connectivity index (χ3v) is 2.73. The van der Waals surface area contributed by atoms with Crippen molar-refractivity contribution in [3.05, 3.63) is 29.3 Å². The zero-order chi connectivity index (χ0) is 9.80. The Morgan fingerprint density at radius 3 is 2.53 bits per heavy atom. The van der Waals surface area contributed by atoms with Gasteiger partial charge in [0.25, 0.3) is 0 Å². The van der Waals surface area contributed by atoms with Gasteiger partial charge in [-0.3, -0.25) is 0 Å². The average Bonchev–Trinajstić information content (AvgIpc) is 2.23. The Labute approximate surface area is 101 Å². The predicted octanol–water partition coefficient (Wildman–Crippen LogP) is 2.89. The van der Waals surface area contributed by atoms with Gasteiger partial charge < -0.3 is 10.1 Å². The van der Waals surface area contributed by atoms with Crippen molar-refractivity contribution in [1.29, 1.82) is 0 Å². The Morgan fingerprint density at radius 1 is 1.20 bits per heavy atom. The van der Waals surface area contributed by atoms with Crippen molar-refractivity contribution in [3.63, 3.8) is 0 Å². The standard InChI is InChI=1S/C11H14ClNO.ClH/c12-10-3-1-2-4-11(10)14-9-5-7-13-8-6-9;/h1-4,9,13H,5-8H2;1H. The van der Waals surface area contributed by atoms with Crippen molar-refractivity contribution < 1.29 is 4.74 Å². The fraction of sp³-hybridized carbons (Fsp3) is 0.455. The predicted molar refractivity (Wildman–Crippen MR) is 65.2 cm³/mol. The molecule has 0 amide bonds. The maximum absolute atomic E-state index is 6.00. The van der Waals surface area contributed by atoms with Crippen LogP contribution in [0, 0.1) is 0 Å². The molecule has 1 fully saturated rings. The van der Waals surface area contributed by atoms with Crippen molar-refractivity contribution in [2.24, 2.45) is 0 Å². The first-order chi connectivity index (χ1) is 6.86. The molecular weight excluding hydrogens is 233 g/mol. The molecule has 4 heteroatoms. The average molecular weight is 248 g/mol. The topological polar surface area (TPSA) is 21.3 Å². The highest BCUT2D eigenvalue weighted by molar-refractivity contribution is 6.32. The quantitative estimate of drug-likeness (QED) is 0.868. The zero-order valence-electron chi connectivity index (χ0n) is 8.41. The molecule has 2 nitrogen and oxygen atoms in total. The van der Waals surface area contributed by atoms with Gasteiger partial charge in [0.15, 0.2) is 0 Å². The first-order valence-corrected chi connectivity index (χ1v) is 5.36. The maximum atomic E-state index is 6.00. The van der Waals surface area contributed by atoms with Crippen LogP contribution in [0.5, 0.6) is 5.75 Å². The molecule has 1 heterocycles. The summed E-state index contributed by atoms with van der Waals surface area (Å²) in [6, 6.07) is 7.64. The van der Waals surface area contributed by atoms with Gasteiger partial charge in [0.1, 0.15) is 11.9 Å². The normalized spacial score (nSPS) is 16.9. The Hall–Kier alpha value is -0.440. The summed E-state index contributed by atoms with van der Waals surface area (Å²) in [6.07, 6.45) is 2.44. The number of hydrogen-bond acceptors (Lipinski definition) is 2. The van der Waals surface area contributed by atoms with E-state index in [0.29, 0.717) is 11.1 Å². The second kappa shape index (κ2) is 6.21. The molecule has 2 rings (SSSR count). The van der Waals surface area contributed by atoms with Crippen LogP contribution in [-0.4, -0.2) is 19.2 Å². The highest BCUT2D eigenvalue weighted by atomic mass is 35.5. The number of para-hydroxylation sites is 1. The summed E-state index contributed by atoms with van der Waals surface area (Å²) in [4.78, 5) is 0. The van der Waals surface area contributed by atoms with Gasteiger partial charge in [0.2, 0.25) is 0 Å². The summed E-state index contributed by atoms with van der Waals surface area (Å²) in [5, 5.41) is 4.00. The number of ether oxygens (including phenoxy) is 1. The van der Waals surface area contributed by atoms with Gasteiger partial charge in [-0.25, -0.2) is 0 Å². The van der Waals surface area contributed by atoms with Gasteiger partial charge in [0.05, 0.1) is 5.02 Å². The summed E-state index contributed by atoms with van der Waals surface area (Å²) in [5.74, 6) is 0.807. The van der Waals surface area contributed by atoms with Crippen LogP contribution >= 0.6 is 24.0 Å². The minimum absolute atomic E-state index is 0. The van der Waals surface area contributed by atoms with E-state index in [1.807, 2.05) is 24.3 Å². The zero-order valence-corrected chi connectivity index (χ0v) is 9.98. The molecule has 1 aliphatic heterocycles. The molecule has 0 atom stereocenters. The van der Waals surface area contributed by atoms with Crippen LogP contribution in [0.1, 0.15) is 12.8 Å². The number of piperidine rings is 1. The fourth-order valence-corrected chi connectivity index (χ4v) is 1.81. The van der Waals surface area contributed by atoms with Crippen molar-refractivity contribution in [2.75, 3.05) is 13.1 Å². The summed E-state index contributed by atoms with van der Waals surface area (Å²) in [6.45, 7) is 2.07. The molecule has 0 bridgehead atoms. The van der Waals surface area contributed by atoms with E-state index in [2.05, 4.69) is 5.32 Å². The molecule has 1 saturated heterocycles. The summed E-state index contributed by atoms with van der Waals surface area (Å²) >= 11 is 6.00. The highest BCUT2D eigenvalue weighted by Crippen LogP contribution is 2.25. The number of halogens is 2. The fourth-order valence-electron chi connectivity index (χ4n) is 1.63. The Kier molecular flexibility index (Phi) is 5.23. The minimum atomic E-state index is 0. The van der Waals surface area contributed by atoms with E-state index in [0.717, 1.165) is 31.7 Å². The smallest absolute Gasteiger partial charge is 0.138 e. The van der Waals surface area contributed by atoms with E-state index in [1.54, 1.807) is 0 Å². The van der Waals surface area contributed by atoms with E-state index < -0.39 is 0 Å². The lowest BCUT2D eigenvalue weighted by molar-refractivity contribution is 0.162. The van der Waals surface area contributed by atoms with Crippen LogP contribution in [0.3, 0.4) is 0 Å². The molecule has 1 aromatic rings. The second-order valence-corrected chi connectivity index (χ2v) is 3.90. The lowest BCUT2D eigenvalue weighted by atomic mass is 10.1. The molecule has 0 aliphatic carbocycles. The molecule has 1 N–H and O–H groups in total. The van der Waals surface area contributed by atoms with Gasteiger partial charge in [-0.2, -0.15) is 0 Å². The lowest BCUT2D eigenvalue weighted by Crippen LogP contribution is -2.34. The van der Waals surface area contributed by atoms with E-state index in [4.69, 9.17) is 16.3 Å². The maximum Gasteiger partial charge on any atom is 0.138 e. The summed E-state index contributed by atoms with van der Waals surface area (Å²) in [5.41, 5.74) is 0. The SMILES string of the molecule is Cl.Clc1ccccc1OC1CCNCC1. The monoisotopic (exact) mass is 247 g/mol. The van der Waals surface area contributed by atoms with Crippen LogP contribution in [-0.2, 0) is 0 Å². The Bertz CT molecular complexity index is 300. The van der Waals surface area contributed by atoms with Gasteiger partial charge in [-0.05, 0) is 38.1 Å². The van der Waals surface area contributed by atoms with E-state index in [9.17, 15) is 0 Å². The van der Waals surface area contributed by atoms with Crippen molar-refractivity contribution in [3.8, 4) is 5.75 Å². The highest BCUT2D eigenvalue weighted by Gasteiger charge is 2.15. The van der Waals surface area contributed by atoms with E-state index >= 15 is 0 Å². The first kappa shape index (κ1) is 12.6. The molecule has 0 radical (unpaired) electrons. The van der Waals surface area contributed by atoms with Crippen molar-refractivity contribution in [1.82, 2.24) is 5.32 Å². The van der Waals surface area contributed by atoms with Crippen molar-refractivity contribution in [2.45, 2.75) is 18.9 Å². The summed E-state index contributed by atoms with van der Waals surface area (Å²) < 4.78 is 5.81. The number of hydrogen-bond donors (Lipinski definition) is 1. The van der Waals surface area contributed by atoms with Crippen LogP contribution in [0.15, 0.2) is 24.3 Å². The van der Waals surface area contributed by atoms with Gasteiger partial charge in [-0.1, -0.05) is 23.7 Å². The van der Waals surface area contributed by atoms with Crippen LogP contribution < -0.4 is 10.1 Å². The van der Waals surface area contributed by atoms with Crippen LogP contribution in [0.2, 0.25) is 5.02 Å². The Morgan fingerprint density at radius 2 is 1.87 bits per heavy atom. The molecule has 0 unspecified atom stereocenters. The molecule has 0 saturated carbocycles. The lowest BCUT2D eigenvalue weighted by Gasteiger charge is -2.24. The first-order valence-electron chi connectivity index (χ1n) is 4.98. The third kappa shape index (κ3) is 3.56. The molecule has 15 heavy (non-hydrogen) atoms. The largest absolute Gasteiger partial charge is 0.489 e. The number of benzene rings is 1. The summed E-state index contributed by atoms with van der Waals surface area (Å²) in [7, 11) is 0. The molecular formula is C11H15Cl2NO. The van der Waals surface area contributed by atoms with Crippen molar-refractivity contribution >= 4 is 24.0 Å². The Balaban J connectivity index is 0.00000112. The van der Waals surface area contributed by atoms with Crippen LogP contribution in [0.25, 0.3) is 0 Å². The molecule has 0 spiro atoms. The molecule has 0 aromatic heterocycles. The van der Waals surface area contributed by atoms with Gasteiger partial charge >= 0.3 is 0 Å². The van der Waals surface area contributed by atoms with E-state index in [-0.39, 0.29) is 12.4 Å². The minimum Gasteiger partial charge on any atom is -0.489 e. The molecule has 1 aliphatic rings. The van der Waals surface area contributed by atoms with Crippen LogP contribution in [0.4, 0.5) is 0 Å². The second-order valence-electron chi connectivity index (χ2n) is 3.50. The number of nitrogens with one attached hydrogen (secondary N) is 1. The molecule has 84 valence electrons. The number of rotatable bonds is 2. The molecule has 1 aromatic carbocycles. The van der Waals surface area contributed by atoms with Gasteiger partial charge in [0, 0.05) is 0 Å². The van der Waals surface area contributed by atoms with E-state index in [1.165, 1.54) is 0 Å². The third-order valence-electron chi connectivity index (χ3n) is 2.42.